The Balaban J connectivity index is -0.000000638. The van der Waals surface area contributed by atoms with Gasteiger partial charge in [0.1, 0.15) is 34.5 Å². The molecule has 6 N–H and O–H groups in total. The molecule has 0 aliphatic rings. The summed E-state index contributed by atoms with van der Waals surface area (Å²) < 4.78 is 73.0. The fourth-order valence-electron chi connectivity index (χ4n) is 10.3. The van der Waals surface area contributed by atoms with Gasteiger partial charge in [0.25, 0.3) is 0 Å². The molecule has 1 radical (unpaired) electrons. The van der Waals surface area contributed by atoms with Gasteiger partial charge < -0.3 is 72.5 Å². The molecule has 0 heterocycles. The van der Waals surface area contributed by atoms with Crippen LogP contribution in [0.5, 0.6) is 34.5 Å². The fourth-order valence-corrected chi connectivity index (χ4v) is 13.0. The summed E-state index contributed by atoms with van der Waals surface area (Å²) >= 11 is 0. The zero-order valence-electron chi connectivity index (χ0n) is 65.7. The Bertz CT molecular complexity index is 2660. The van der Waals surface area contributed by atoms with Gasteiger partial charge in [-0.1, -0.05) is 275 Å². The molecule has 0 saturated heterocycles. The number of aliphatic hydroxyl groups is 6. The van der Waals surface area contributed by atoms with Crippen LogP contribution in [0, 0.1) is 40.8 Å². The van der Waals surface area contributed by atoms with Crippen molar-refractivity contribution in [3.63, 3.8) is 0 Å². The second-order valence-corrected chi connectivity index (χ2v) is 30.1. The Hall–Kier alpha value is -4.20. The van der Waals surface area contributed by atoms with Gasteiger partial charge in [0, 0.05) is 42.7 Å². The zero-order valence-corrected chi connectivity index (χ0v) is 71.6. The summed E-state index contributed by atoms with van der Waals surface area (Å²) in [5, 5.41) is 42.0. The number of hydrogen-bond donors (Lipinski definition) is 6. The Morgan fingerprint density at radius 1 is 0.210 bits per heavy atom. The van der Waals surface area contributed by atoms with E-state index in [1.54, 1.807) is 0 Å². The van der Waals surface area contributed by atoms with Gasteiger partial charge in [0.15, 0.2) is 0 Å². The number of aliphatic hydroxyl groups excluding tert-OH is 6. The molecule has 0 fully saturated rings. The van der Waals surface area contributed by atoms with E-state index in [0.717, 1.165) is 109 Å². The van der Waals surface area contributed by atoms with Crippen molar-refractivity contribution >= 4 is 23.5 Å². The van der Waals surface area contributed by atoms with Crippen molar-refractivity contribution in [2.75, 3.05) is 42.7 Å². The number of phosphoric ester groups is 3. The van der Waals surface area contributed by atoms with Crippen LogP contribution in [0.1, 0.15) is 304 Å². The third-order valence-corrected chi connectivity index (χ3v) is 17.6. The van der Waals surface area contributed by atoms with Crippen molar-refractivity contribution in [1.82, 2.24) is 0 Å². The maximum Gasteiger partial charge on any atom is 3.00 e. The number of para-hydroxylation sites is 6. The molecule has 0 saturated carbocycles. The largest absolute Gasteiger partial charge is 3.00 e. The molecule has 0 amide bonds. The molecule has 100 heavy (non-hydrogen) atoms. The monoisotopic (exact) mass is 1590 g/mol. The second-order valence-electron chi connectivity index (χ2n) is 26.3. The molecule has 0 aliphatic carbocycles. The third kappa shape index (κ3) is 32.4. The van der Waals surface area contributed by atoms with Gasteiger partial charge in [-0.15, -0.1) is 0 Å². The van der Waals surface area contributed by atoms with Crippen molar-refractivity contribution in [1.29, 1.82) is 0 Å². The predicted octanol–water partition coefficient (Wildman–Crippen LogP) is 19.0. The predicted molar refractivity (Wildman–Crippen MR) is 403 cm³/mol. The minimum absolute atomic E-state index is 0. The summed E-state index contributed by atoms with van der Waals surface area (Å²) in [6.07, 6.45) is 0. The molecule has 22 heteroatoms. The van der Waals surface area contributed by atoms with Crippen molar-refractivity contribution in [3.8, 4) is 34.5 Å². The molecule has 6 rings (SSSR count). The van der Waals surface area contributed by atoms with Crippen LogP contribution in [0.25, 0.3) is 0 Å². The average Bonchev–Trinajstić information content (AvgIpc) is 0.805. The molecular formula is C78H126NdO18P3. The van der Waals surface area contributed by atoms with Crippen LogP contribution in [0.2, 0.25) is 0 Å². The van der Waals surface area contributed by atoms with E-state index in [1.807, 2.05) is 275 Å². The first-order valence-electron chi connectivity index (χ1n) is 33.9. The summed E-state index contributed by atoms with van der Waals surface area (Å²) in [4.78, 5) is 39.2. The molecule has 0 aromatic heterocycles. The van der Waals surface area contributed by atoms with E-state index in [0.29, 0.717) is 34.5 Å². The SMILES string of the molecule is CC(C)c1cccc(C(C)C)c1OP(=O)([O-])Oc1c(C(C)C)cccc1C(C)C.CC(C)c1cccc(C(C)C)c1OP(=O)([O-])Oc1c(C(C)C)cccc1C(C)C.CC(C)c1cccc(C(C)C)c1OP(=O)([O-])Oc1c(C(C)C)cccc1C(C)C.CO.CO.CO.CO.CO.CO.[Nd+3]. The van der Waals surface area contributed by atoms with Gasteiger partial charge in [-0.3, -0.25) is 0 Å². The first kappa shape index (κ1) is 102. The maximum atomic E-state index is 13.1. The van der Waals surface area contributed by atoms with Gasteiger partial charge >= 0.3 is 64.3 Å². The first-order valence-corrected chi connectivity index (χ1v) is 38.3. The molecule has 6 aromatic rings. The Morgan fingerprint density at radius 2 is 0.280 bits per heavy atom. The second kappa shape index (κ2) is 51.1. The van der Waals surface area contributed by atoms with Crippen molar-refractivity contribution in [2.45, 2.75) is 237 Å². The smallest absolute Gasteiger partial charge is 0.736 e. The summed E-state index contributed by atoms with van der Waals surface area (Å²) in [6.45, 7) is 48.5. The average molecular weight is 1590 g/mol. The van der Waals surface area contributed by atoms with Crippen LogP contribution in [-0.4, -0.2) is 73.3 Å². The summed E-state index contributed by atoms with van der Waals surface area (Å²) in [7, 11) is -7.96. The first-order chi connectivity index (χ1) is 46.3. The normalized spacial score (nSPS) is 11.1. The van der Waals surface area contributed by atoms with Gasteiger partial charge in [0.05, 0.1) is 0 Å². The molecule has 18 nitrogen and oxygen atoms in total. The van der Waals surface area contributed by atoms with Gasteiger partial charge in [-0.05, 0) is 138 Å². The fraction of sp³-hybridized carbons (Fsp3) is 0.538. The van der Waals surface area contributed by atoms with Crippen LogP contribution in [-0.2, 0) is 13.7 Å². The Labute approximate surface area is 636 Å². The Morgan fingerprint density at radius 3 is 0.340 bits per heavy atom. The third-order valence-electron chi connectivity index (χ3n) is 15.1. The minimum Gasteiger partial charge on any atom is -0.736 e. The number of benzene rings is 6. The van der Waals surface area contributed by atoms with Crippen LogP contribution in [0.4, 0.5) is 0 Å². The summed E-state index contributed by atoms with van der Waals surface area (Å²) in [5.41, 5.74) is 10.3. The zero-order chi connectivity index (χ0) is 77.8. The molecule has 0 unspecified atom stereocenters. The van der Waals surface area contributed by atoms with E-state index in [9.17, 15) is 28.4 Å². The molecular weight excluding hydrogens is 1460 g/mol. The molecule has 0 spiro atoms. The topological polar surface area (TPSA) is 297 Å². The summed E-state index contributed by atoms with van der Waals surface area (Å²) in [6, 6.07) is 34.6. The van der Waals surface area contributed by atoms with Gasteiger partial charge in [0.2, 0.25) is 0 Å². The molecule has 0 aliphatic heterocycles. The van der Waals surface area contributed by atoms with Crippen molar-refractivity contribution in [2.24, 2.45) is 0 Å². The quantitative estimate of drug-likeness (QED) is 0.0307. The van der Waals surface area contributed by atoms with E-state index in [-0.39, 0.29) is 112 Å². The summed E-state index contributed by atoms with van der Waals surface area (Å²) in [5.74, 6) is 3.83. The number of phosphoric acid groups is 3. The standard InChI is InChI=1S/3C24H35O4P.6CH4O.Nd/c3*1-15(2)19-11-9-12-20(16(3)4)23(19)27-29(25,26)28-24-21(17(5)6)13-10-14-22(24)18(7)8;6*1-2;/h3*9-18H,1-8H3,(H,25,26);6*2H,1H3;/q;;;;;;;;;+3/p-3. The minimum atomic E-state index is -4.65. The van der Waals surface area contributed by atoms with Crippen LogP contribution in [0.3, 0.4) is 0 Å². The molecule has 0 atom stereocenters. The molecule has 565 valence electrons. The molecule has 0 bridgehead atoms. The van der Waals surface area contributed by atoms with Gasteiger partial charge in [-0.25, -0.2) is 13.7 Å². The van der Waals surface area contributed by atoms with Crippen LogP contribution in [0.15, 0.2) is 109 Å². The molecule has 6 aromatic carbocycles. The maximum absolute atomic E-state index is 13.1. The number of hydrogen-bond acceptors (Lipinski definition) is 18. The van der Waals surface area contributed by atoms with Gasteiger partial charge in [-0.2, -0.15) is 0 Å². The van der Waals surface area contributed by atoms with Crippen molar-refractivity contribution < 1.29 is 127 Å². The van der Waals surface area contributed by atoms with Crippen LogP contribution < -0.4 is 41.8 Å². The Kier molecular flexibility index (Phi) is 52.2. The van der Waals surface area contributed by atoms with E-state index >= 15 is 0 Å². The van der Waals surface area contributed by atoms with E-state index in [1.165, 1.54) is 0 Å². The van der Waals surface area contributed by atoms with Crippen molar-refractivity contribution in [3.05, 3.63) is 176 Å². The van der Waals surface area contributed by atoms with Crippen LogP contribution >= 0.6 is 23.5 Å². The van der Waals surface area contributed by atoms with E-state index < -0.39 is 23.5 Å². The van der Waals surface area contributed by atoms with E-state index in [2.05, 4.69) is 0 Å². The van der Waals surface area contributed by atoms with E-state index in [4.69, 9.17) is 57.8 Å². The number of rotatable bonds is 24.